The Bertz CT molecular complexity index is 648. The van der Waals surface area contributed by atoms with Crippen molar-refractivity contribution in [3.8, 4) is 5.75 Å². The lowest BCUT2D eigenvalue weighted by molar-refractivity contribution is 0.0693. The van der Waals surface area contributed by atoms with Gasteiger partial charge in [-0.2, -0.15) is 0 Å². The van der Waals surface area contributed by atoms with E-state index in [0.717, 1.165) is 0 Å². The van der Waals surface area contributed by atoms with Crippen molar-refractivity contribution in [3.63, 3.8) is 0 Å². The van der Waals surface area contributed by atoms with Crippen molar-refractivity contribution in [2.75, 3.05) is 5.32 Å². The molecule has 0 aliphatic heterocycles. The van der Waals surface area contributed by atoms with E-state index in [-0.39, 0.29) is 11.3 Å². The van der Waals surface area contributed by atoms with Gasteiger partial charge in [0.15, 0.2) is 5.75 Å². The van der Waals surface area contributed by atoms with Crippen LogP contribution in [0.25, 0.3) is 0 Å². The molecular weight excluding hydrogens is 250 g/mol. The van der Waals surface area contributed by atoms with E-state index in [0.29, 0.717) is 5.69 Å². The highest BCUT2D eigenvalue weighted by Gasteiger charge is 2.16. The number of benzene rings is 1. The lowest BCUT2D eigenvalue weighted by atomic mass is 10.1. The number of carboxylic acid groups (broad SMARTS) is 1. The Hall–Kier alpha value is -2.83. The molecule has 0 aliphatic carbocycles. The second-order valence-electron chi connectivity index (χ2n) is 3.85. The van der Waals surface area contributed by atoms with Crippen LogP contribution in [0.4, 0.5) is 5.69 Å². The summed E-state index contributed by atoms with van der Waals surface area (Å²) >= 11 is 0. The number of carboxylic acids is 1. The third-order valence-electron chi connectivity index (χ3n) is 2.56. The smallest absolute Gasteiger partial charge is 0.339 e. The Kier molecular flexibility index (Phi) is 3.19. The first-order chi connectivity index (χ1) is 9.00. The first-order valence-electron chi connectivity index (χ1n) is 5.33. The van der Waals surface area contributed by atoms with Crippen LogP contribution in [-0.2, 0) is 7.05 Å². The molecule has 1 aromatic heterocycles. The van der Waals surface area contributed by atoms with Gasteiger partial charge in [-0.15, -0.1) is 0 Å². The fourth-order valence-electron chi connectivity index (χ4n) is 1.58. The van der Waals surface area contributed by atoms with Crippen LogP contribution in [0.1, 0.15) is 20.8 Å². The van der Waals surface area contributed by atoms with Crippen LogP contribution in [-0.4, -0.2) is 31.6 Å². The van der Waals surface area contributed by atoms with Crippen molar-refractivity contribution < 1.29 is 19.8 Å². The third-order valence-corrected chi connectivity index (χ3v) is 2.56. The second kappa shape index (κ2) is 4.81. The van der Waals surface area contributed by atoms with Gasteiger partial charge in [-0.05, 0) is 12.1 Å². The number of hydrogen-bond acceptors (Lipinski definition) is 4. The Morgan fingerprint density at radius 2 is 2.11 bits per heavy atom. The number of rotatable bonds is 3. The molecule has 1 heterocycles. The van der Waals surface area contributed by atoms with Crippen LogP contribution in [0.3, 0.4) is 0 Å². The van der Waals surface area contributed by atoms with Crippen molar-refractivity contribution in [1.82, 2.24) is 9.55 Å². The lowest BCUT2D eigenvalue weighted by Gasteiger charge is -2.09. The molecule has 3 N–H and O–H groups in total. The minimum atomic E-state index is -1.27. The Labute approximate surface area is 108 Å². The van der Waals surface area contributed by atoms with Gasteiger partial charge in [0.25, 0.3) is 5.91 Å². The van der Waals surface area contributed by atoms with Crippen molar-refractivity contribution in [3.05, 3.63) is 42.0 Å². The van der Waals surface area contributed by atoms with Gasteiger partial charge >= 0.3 is 5.97 Å². The monoisotopic (exact) mass is 261 g/mol. The van der Waals surface area contributed by atoms with E-state index in [1.165, 1.54) is 35.3 Å². The van der Waals surface area contributed by atoms with E-state index in [1.54, 1.807) is 7.05 Å². The fraction of sp³-hybridized carbons (Fsp3) is 0.0833. The summed E-state index contributed by atoms with van der Waals surface area (Å²) in [7, 11) is 1.65. The van der Waals surface area contributed by atoms with Gasteiger partial charge in [0.05, 0.1) is 18.2 Å². The predicted molar refractivity (Wildman–Crippen MR) is 66.2 cm³/mol. The lowest BCUT2D eigenvalue weighted by Crippen LogP contribution is -2.15. The molecule has 0 fully saturated rings. The van der Waals surface area contributed by atoms with Gasteiger partial charge in [0, 0.05) is 7.05 Å². The SMILES string of the molecule is Cn1cncc1C(=O)Nc1cccc(C(=O)O)c1O. The summed E-state index contributed by atoms with van der Waals surface area (Å²) in [6.45, 7) is 0. The molecule has 0 radical (unpaired) electrons. The molecule has 2 rings (SSSR count). The molecule has 0 saturated carbocycles. The Morgan fingerprint density at radius 1 is 1.37 bits per heavy atom. The first kappa shape index (κ1) is 12.6. The Balaban J connectivity index is 2.30. The minimum absolute atomic E-state index is 0.0334. The number of aryl methyl sites for hydroxylation is 1. The van der Waals surface area contributed by atoms with Gasteiger partial charge in [0.2, 0.25) is 0 Å². The van der Waals surface area contributed by atoms with E-state index in [2.05, 4.69) is 10.3 Å². The van der Waals surface area contributed by atoms with Gasteiger partial charge in [0.1, 0.15) is 11.3 Å². The first-order valence-corrected chi connectivity index (χ1v) is 5.33. The summed E-state index contributed by atoms with van der Waals surface area (Å²) in [5.41, 5.74) is 0.0500. The minimum Gasteiger partial charge on any atom is -0.505 e. The number of imidazole rings is 1. The number of phenols is 1. The van der Waals surface area contributed by atoms with Gasteiger partial charge in [-0.1, -0.05) is 6.07 Å². The highest BCUT2D eigenvalue weighted by molar-refractivity contribution is 6.05. The van der Waals surface area contributed by atoms with Crippen molar-refractivity contribution in [2.45, 2.75) is 0 Å². The average molecular weight is 261 g/mol. The number of anilines is 1. The van der Waals surface area contributed by atoms with Crippen LogP contribution in [0.5, 0.6) is 5.75 Å². The van der Waals surface area contributed by atoms with Crippen LogP contribution >= 0.6 is 0 Å². The predicted octanol–water partition coefficient (Wildman–Crippen LogP) is 1.08. The maximum Gasteiger partial charge on any atom is 0.339 e. The molecule has 19 heavy (non-hydrogen) atoms. The van der Waals surface area contributed by atoms with Gasteiger partial charge < -0.3 is 20.1 Å². The second-order valence-corrected chi connectivity index (χ2v) is 3.85. The number of hydrogen-bond donors (Lipinski definition) is 3. The summed E-state index contributed by atoms with van der Waals surface area (Å²) in [5.74, 6) is -2.24. The number of nitrogens with zero attached hydrogens (tertiary/aromatic N) is 2. The van der Waals surface area contributed by atoms with E-state index < -0.39 is 17.6 Å². The number of amides is 1. The standard InChI is InChI=1S/C12H11N3O4/c1-15-6-13-5-9(15)11(17)14-8-4-2-3-7(10(8)16)12(18)19/h2-6,16H,1H3,(H,14,17)(H,18,19). The fourth-order valence-corrected chi connectivity index (χ4v) is 1.58. The molecule has 1 amide bonds. The Morgan fingerprint density at radius 3 is 2.68 bits per heavy atom. The zero-order valence-corrected chi connectivity index (χ0v) is 9.99. The molecule has 0 aliphatic rings. The van der Waals surface area contributed by atoms with E-state index in [1.807, 2.05) is 0 Å². The molecule has 2 aromatic rings. The van der Waals surface area contributed by atoms with Crippen molar-refractivity contribution in [1.29, 1.82) is 0 Å². The maximum absolute atomic E-state index is 11.9. The molecule has 0 unspecified atom stereocenters. The molecule has 7 heteroatoms. The number of aromatic hydroxyl groups is 1. The van der Waals surface area contributed by atoms with Crippen LogP contribution in [0.2, 0.25) is 0 Å². The number of carbonyl (C=O) groups is 2. The van der Waals surface area contributed by atoms with E-state index in [9.17, 15) is 14.7 Å². The molecule has 0 bridgehead atoms. The molecule has 98 valence electrons. The molecule has 0 spiro atoms. The average Bonchev–Trinajstić information content (AvgIpc) is 2.77. The van der Waals surface area contributed by atoms with Crippen LogP contribution in [0, 0.1) is 0 Å². The zero-order valence-electron chi connectivity index (χ0n) is 9.99. The quantitative estimate of drug-likeness (QED) is 0.717. The van der Waals surface area contributed by atoms with Crippen molar-refractivity contribution >= 4 is 17.6 Å². The van der Waals surface area contributed by atoms with E-state index in [4.69, 9.17) is 5.11 Å². The topological polar surface area (TPSA) is 104 Å². The largest absolute Gasteiger partial charge is 0.505 e. The molecule has 0 saturated heterocycles. The van der Waals surface area contributed by atoms with Gasteiger partial charge in [-0.25, -0.2) is 9.78 Å². The summed E-state index contributed by atoms with van der Waals surface area (Å²) in [5, 5.41) is 21.1. The summed E-state index contributed by atoms with van der Waals surface area (Å²) in [6.07, 6.45) is 2.83. The number of para-hydroxylation sites is 1. The molecule has 7 nitrogen and oxygen atoms in total. The highest BCUT2D eigenvalue weighted by Crippen LogP contribution is 2.27. The van der Waals surface area contributed by atoms with Crippen molar-refractivity contribution in [2.24, 2.45) is 7.05 Å². The molecule has 1 aromatic carbocycles. The summed E-state index contributed by atoms with van der Waals surface area (Å²) in [6, 6.07) is 4.09. The molecular formula is C12H11N3O4. The van der Waals surface area contributed by atoms with Crippen LogP contribution < -0.4 is 5.32 Å². The number of carbonyl (C=O) groups excluding carboxylic acids is 1. The summed E-state index contributed by atoms with van der Waals surface area (Å²) < 4.78 is 1.51. The summed E-state index contributed by atoms with van der Waals surface area (Å²) in [4.78, 5) is 26.6. The molecule has 0 atom stereocenters. The normalized spacial score (nSPS) is 10.2. The number of aromatic carboxylic acids is 1. The zero-order chi connectivity index (χ0) is 14.0. The van der Waals surface area contributed by atoms with Crippen LogP contribution in [0.15, 0.2) is 30.7 Å². The maximum atomic E-state index is 11.9. The van der Waals surface area contributed by atoms with E-state index >= 15 is 0 Å². The number of nitrogens with one attached hydrogen (secondary N) is 1. The highest BCUT2D eigenvalue weighted by atomic mass is 16.4. The third kappa shape index (κ3) is 2.39. The van der Waals surface area contributed by atoms with Gasteiger partial charge in [-0.3, -0.25) is 4.79 Å². The number of aromatic nitrogens is 2.